The smallest absolute Gasteiger partial charge is 0.0944 e. The van der Waals surface area contributed by atoms with E-state index in [1.165, 1.54) is 50.0 Å². The summed E-state index contributed by atoms with van der Waals surface area (Å²) in [6.07, 6.45) is 11.2. The third-order valence-electron chi connectivity index (χ3n) is 6.17. The van der Waals surface area contributed by atoms with E-state index >= 15 is 0 Å². The van der Waals surface area contributed by atoms with Gasteiger partial charge in [-0.3, -0.25) is 11.3 Å². The third kappa shape index (κ3) is 2.78. The van der Waals surface area contributed by atoms with E-state index in [1.54, 1.807) is 11.3 Å². The molecule has 1 atom stereocenters. The number of rotatable bonds is 5. The van der Waals surface area contributed by atoms with Crippen molar-refractivity contribution in [3.05, 3.63) is 16.1 Å². The molecule has 116 valence electrons. The van der Waals surface area contributed by atoms with Crippen LogP contribution in [-0.4, -0.2) is 11.0 Å². The normalized spacial score (nSPS) is 38.9. The van der Waals surface area contributed by atoms with Gasteiger partial charge in [-0.1, -0.05) is 0 Å². The van der Waals surface area contributed by atoms with Crippen LogP contribution in [0, 0.1) is 30.1 Å². The number of nitrogens with two attached hydrogens (primary N) is 1. The predicted molar refractivity (Wildman–Crippen MR) is 86.9 cm³/mol. The zero-order valence-electron chi connectivity index (χ0n) is 13.0. The Morgan fingerprint density at radius 3 is 2.38 bits per heavy atom. The fourth-order valence-corrected chi connectivity index (χ4v) is 6.81. The van der Waals surface area contributed by atoms with Gasteiger partial charge >= 0.3 is 0 Å². The highest BCUT2D eigenvalue weighted by molar-refractivity contribution is 7.09. The molecule has 4 heteroatoms. The summed E-state index contributed by atoms with van der Waals surface area (Å²) in [5.74, 6) is 8.96. The van der Waals surface area contributed by atoms with E-state index in [1.807, 2.05) is 0 Å². The van der Waals surface area contributed by atoms with Crippen LogP contribution in [0.25, 0.3) is 0 Å². The molecule has 21 heavy (non-hydrogen) atoms. The summed E-state index contributed by atoms with van der Waals surface area (Å²) in [5, 5.41) is 3.38. The predicted octanol–water partition coefficient (Wildman–Crippen LogP) is 3.43. The average molecular weight is 305 g/mol. The number of hydrogen-bond acceptors (Lipinski definition) is 4. The monoisotopic (exact) mass is 305 g/mol. The van der Waals surface area contributed by atoms with Gasteiger partial charge in [-0.2, -0.15) is 0 Å². The van der Waals surface area contributed by atoms with Gasteiger partial charge in [0.25, 0.3) is 0 Å². The molecule has 4 fully saturated rings. The van der Waals surface area contributed by atoms with Crippen LogP contribution in [0.4, 0.5) is 0 Å². The lowest BCUT2D eigenvalue weighted by molar-refractivity contribution is -0.0620. The quantitative estimate of drug-likeness (QED) is 0.647. The van der Waals surface area contributed by atoms with Gasteiger partial charge in [0, 0.05) is 23.5 Å². The number of nitrogens with one attached hydrogen (secondary N) is 1. The van der Waals surface area contributed by atoms with Crippen molar-refractivity contribution in [2.24, 2.45) is 29.0 Å². The molecule has 3 nitrogen and oxygen atoms in total. The molecule has 1 aromatic rings. The van der Waals surface area contributed by atoms with E-state index in [0.29, 0.717) is 11.5 Å². The summed E-state index contributed by atoms with van der Waals surface area (Å²) in [4.78, 5) is 4.62. The molecular formula is C17H27N3S. The van der Waals surface area contributed by atoms with Gasteiger partial charge in [0.05, 0.1) is 5.01 Å². The molecule has 0 saturated heterocycles. The summed E-state index contributed by atoms with van der Waals surface area (Å²) in [6.45, 7) is 2.07. The number of hydrazine groups is 1. The van der Waals surface area contributed by atoms with Crippen molar-refractivity contribution >= 4 is 11.3 Å². The zero-order valence-corrected chi connectivity index (χ0v) is 13.8. The van der Waals surface area contributed by atoms with Crippen molar-refractivity contribution in [2.45, 2.75) is 64.3 Å². The van der Waals surface area contributed by atoms with Crippen LogP contribution in [0.1, 0.15) is 55.6 Å². The minimum atomic E-state index is 0.395. The molecule has 0 aliphatic heterocycles. The Labute approximate surface area is 131 Å². The second-order valence-electron chi connectivity index (χ2n) is 8.07. The number of hydrogen-bond donors (Lipinski definition) is 2. The van der Waals surface area contributed by atoms with Gasteiger partial charge in [-0.05, 0) is 75.0 Å². The third-order valence-corrected chi connectivity index (χ3v) is 7.16. The van der Waals surface area contributed by atoms with Gasteiger partial charge in [-0.25, -0.2) is 4.98 Å². The largest absolute Gasteiger partial charge is 0.271 e. The molecule has 5 rings (SSSR count). The lowest BCUT2D eigenvalue weighted by Crippen LogP contribution is -2.50. The van der Waals surface area contributed by atoms with Crippen LogP contribution in [0.15, 0.2) is 5.38 Å². The Bertz CT molecular complexity index is 475. The summed E-state index contributed by atoms with van der Waals surface area (Å²) in [6, 6.07) is 0.395. The standard InChI is InChI=1S/C17H27N3S/c1-11-10-21-16(19-11)5-15(20-18)9-17-6-12-2-13(7-17)4-14(3-12)8-17/h10,12-15,20H,2-9,18H2,1H3. The molecule has 4 aliphatic carbocycles. The van der Waals surface area contributed by atoms with Crippen molar-refractivity contribution in [2.75, 3.05) is 0 Å². The first-order valence-corrected chi connectivity index (χ1v) is 9.39. The maximum Gasteiger partial charge on any atom is 0.0944 e. The number of thiazole rings is 1. The highest BCUT2D eigenvalue weighted by Gasteiger charge is 2.51. The minimum absolute atomic E-state index is 0.395. The number of aromatic nitrogens is 1. The Morgan fingerprint density at radius 2 is 1.90 bits per heavy atom. The fraction of sp³-hybridized carbons (Fsp3) is 0.824. The van der Waals surface area contributed by atoms with Crippen LogP contribution < -0.4 is 11.3 Å². The number of aryl methyl sites for hydroxylation is 1. The van der Waals surface area contributed by atoms with Crippen molar-refractivity contribution in [3.8, 4) is 0 Å². The van der Waals surface area contributed by atoms with Gasteiger partial charge in [0.15, 0.2) is 0 Å². The Kier molecular flexibility index (Phi) is 3.59. The summed E-state index contributed by atoms with van der Waals surface area (Å²) in [5.41, 5.74) is 4.84. The molecule has 1 heterocycles. The second kappa shape index (κ2) is 5.32. The topological polar surface area (TPSA) is 50.9 Å². The van der Waals surface area contributed by atoms with Crippen LogP contribution in [0.5, 0.6) is 0 Å². The first-order chi connectivity index (χ1) is 10.1. The first-order valence-electron chi connectivity index (χ1n) is 8.51. The first kappa shape index (κ1) is 14.2. The molecule has 0 amide bonds. The van der Waals surface area contributed by atoms with Crippen LogP contribution in [0.3, 0.4) is 0 Å². The molecule has 4 saturated carbocycles. The molecule has 0 radical (unpaired) electrons. The summed E-state index contributed by atoms with van der Waals surface area (Å²) >= 11 is 1.78. The van der Waals surface area contributed by atoms with Gasteiger partial charge < -0.3 is 0 Å². The Balaban J connectivity index is 1.46. The average Bonchev–Trinajstić information content (AvgIpc) is 2.81. The molecule has 4 aliphatic rings. The zero-order chi connectivity index (χ0) is 14.4. The van der Waals surface area contributed by atoms with Gasteiger partial charge in [0.1, 0.15) is 0 Å². The Hall–Kier alpha value is -0.450. The van der Waals surface area contributed by atoms with Crippen molar-refractivity contribution in [3.63, 3.8) is 0 Å². The second-order valence-corrected chi connectivity index (χ2v) is 9.01. The molecule has 1 unspecified atom stereocenters. The van der Waals surface area contributed by atoms with E-state index in [0.717, 1.165) is 29.9 Å². The SMILES string of the molecule is Cc1csc(CC(CC23CC4CC(CC(C4)C2)C3)NN)n1. The van der Waals surface area contributed by atoms with Crippen molar-refractivity contribution < 1.29 is 0 Å². The van der Waals surface area contributed by atoms with E-state index in [2.05, 4.69) is 22.7 Å². The fourth-order valence-electron chi connectivity index (χ4n) is 5.96. The van der Waals surface area contributed by atoms with Gasteiger partial charge in [-0.15, -0.1) is 11.3 Å². The molecular weight excluding hydrogens is 278 g/mol. The molecule has 0 spiro atoms. The lowest BCUT2D eigenvalue weighted by atomic mass is 9.48. The van der Waals surface area contributed by atoms with Crippen molar-refractivity contribution in [1.29, 1.82) is 0 Å². The highest BCUT2D eigenvalue weighted by atomic mass is 32.1. The minimum Gasteiger partial charge on any atom is -0.271 e. The van der Waals surface area contributed by atoms with Crippen LogP contribution in [-0.2, 0) is 6.42 Å². The van der Waals surface area contributed by atoms with Crippen LogP contribution in [0.2, 0.25) is 0 Å². The molecule has 0 aromatic carbocycles. The summed E-state index contributed by atoms with van der Waals surface area (Å²) < 4.78 is 0. The maximum absolute atomic E-state index is 5.88. The summed E-state index contributed by atoms with van der Waals surface area (Å²) in [7, 11) is 0. The number of nitrogens with zero attached hydrogens (tertiary/aromatic N) is 1. The van der Waals surface area contributed by atoms with E-state index in [9.17, 15) is 0 Å². The van der Waals surface area contributed by atoms with Gasteiger partial charge in [0.2, 0.25) is 0 Å². The molecule has 3 N–H and O–H groups in total. The van der Waals surface area contributed by atoms with E-state index in [4.69, 9.17) is 5.84 Å². The maximum atomic E-state index is 5.88. The molecule has 4 bridgehead atoms. The van der Waals surface area contributed by atoms with E-state index < -0.39 is 0 Å². The van der Waals surface area contributed by atoms with Crippen molar-refractivity contribution in [1.82, 2.24) is 10.4 Å². The van der Waals surface area contributed by atoms with Crippen LogP contribution >= 0.6 is 11.3 Å². The van der Waals surface area contributed by atoms with E-state index in [-0.39, 0.29) is 0 Å². The lowest BCUT2D eigenvalue weighted by Gasteiger charge is -2.57. The molecule has 1 aromatic heterocycles. The Morgan fingerprint density at radius 1 is 1.29 bits per heavy atom. The highest BCUT2D eigenvalue weighted by Crippen LogP contribution is 2.61.